The summed E-state index contributed by atoms with van der Waals surface area (Å²) in [6.45, 7) is 8.46. The van der Waals surface area contributed by atoms with Crippen LogP contribution in [0.3, 0.4) is 0 Å². The molecular weight excluding hydrogens is 386 g/mol. The smallest absolute Gasteiger partial charge is 0.134 e. The van der Waals surface area contributed by atoms with Crippen LogP contribution in [0.25, 0.3) is 28.6 Å². The fraction of sp³-hybridized carbons (Fsp3) is 0.154. The van der Waals surface area contributed by atoms with E-state index in [2.05, 4.69) is 62.6 Å². The zero-order chi connectivity index (χ0) is 21.3. The highest BCUT2D eigenvalue weighted by atomic mass is 32.1. The molecule has 0 unspecified atom stereocenters. The summed E-state index contributed by atoms with van der Waals surface area (Å²) in [6, 6.07) is 21.0. The lowest BCUT2D eigenvalue weighted by atomic mass is 10.1. The lowest BCUT2D eigenvalue weighted by Gasteiger charge is -2.11. The molecule has 0 aliphatic heterocycles. The van der Waals surface area contributed by atoms with Crippen LogP contribution in [0.4, 0.5) is 0 Å². The molecule has 4 heteroatoms. The average molecular weight is 410 g/mol. The summed E-state index contributed by atoms with van der Waals surface area (Å²) >= 11 is 1.50. The van der Waals surface area contributed by atoms with Crippen LogP contribution in [0.1, 0.15) is 33.1 Å². The number of allylic oxidation sites excluding steroid dienone is 1. The van der Waals surface area contributed by atoms with Crippen LogP contribution in [-0.2, 0) is 0 Å². The van der Waals surface area contributed by atoms with Crippen LogP contribution in [0.5, 0.6) is 0 Å². The number of benzene rings is 2. The van der Waals surface area contributed by atoms with Gasteiger partial charge in [-0.05, 0) is 68.7 Å². The summed E-state index contributed by atoms with van der Waals surface area (Å²) in [6.07, 6.45) is 1.95. The molecule has 0 atom stereocenters. The Morgan fingerprint density at radius 1 is 1.00 bits per heavy atom. The summed E-state index contributed by atoms with van der Waals surface area (Å²) in [5.41, 5.74) is 9.54. The maximum absolute atomic E-state index is 9.81. The van der Waals surface area contributed by atoms with Gasteiger partial charge in [0, 0.05) is 28.0 Å². The molecule has 0 aliphatic rings. The van der Waals surface area contributed by atoms with E-state index in [-0.39, 0.29) is 0 Å². The molecule has 2 aromatic heterocycles. The second-order valence-corrected chi connectivity index (χ2v) is 8.36. The number of nitriles is 1. The van der Waals surface area contributed by atoms with Crippen molar-refractivity contribution < 1.29 is 0 Å². The largest absolute Gasteiger partial charge is 0.318 e. The van der Waals surface area contributed by atoms with E-state index in [1.54, 1.807) is 0 Å². The Morgan fingerprint density at radius 2 is 1.77 bits per heavy atom. The zero-order valence-electron chi connectivity index (χ0n) is 17.6. The number of aryl methyl sites for hydroxylation is 3. The third-order valence-electron chi connectivity index (χ3n) is 5.44. The van der Waals surface area contributed by atoms with Gasteiger partial charge in [-0.15, -0.1) is 11.3 Å². The second kappa shape index (κ2) is 8.14. The van der Waals surface area contributed by atoms with E-state index in [1.165, 1.54) is 22.5 Å². The van der Waals surface area contributed by atoms with Gasteiger partial charge in [0.1, 0.15) is 11.1 Å². The molecule has 0 saturated carbocycles. The quantitative estimate of drug-likeness (QED) is 0.344. The molecule has 0 radical (unpaired) electrons. The Morgan fingerprint density at radius 3 is 2.47 bits per heavy atom. The van der Waals surface area contributed by atoms with Crippen molar-refractivity contribution in [1.29, 1.82) is 5.26 Å². The molecule has 148 valence electrons. The minimum absolute atomic E-state index is 0.586. The summed E-state index contributed by atoms with van der Waals surface area (Å²) in [5, 5.41) is 12.6. The number of thiazole rings is 1. The number of hydrogen-bond donors (Lipinski definition) is 0. The van der Waals surface area contributed by atoms with Gasteiger partial charge in [-0.25, -0.2) is 4.98 Å². The molecule has 4 aromatic rings. The fourth-order valence-electron chi connectivity index (χ4n) is 3.63. The number of nitrogens with zero attached hydrogens (tertiary/aromatic N) is 3. The summed E-state index contributed by atoms with van der Waals surface area (Å²) in [5.74, 6) is 0. The molecule has 30 heavy (non-hydrogen) atoms. The van der Waals surface area contributed by atoms with Crippen LogP contribution in [0.15, 0.2) is 60.0 Å². The van der Waals surface area contributed by atoms with Gasteiger partial charge in [-0.3, -0.25) is 0 Å². The third-order valence-corrected chi connectivity index (χ3v) is 6.32. The van der Waals surface area contributed by atoms with Gasteiger partial charge in [-0.1, -0.05) is 36.4 Å². The van der Waals surface area contributed by atoms with Crippen molar-refractivity contribution in [3.05, 3.63) is 93.1 Å². The van der Waals surface area contributed by atoms with Crippen molar-refractivity contribution in [3.63, 3.8) is 0 Å². The van der Waals surface area contributed by atoms with Gasteiger partial charge < -0.3 is 4.57 Å². The molecule has 0 amide bonds. The molecule has 0 bridgehead atoms. The first-order valence-corrected chi connectivity index (χ1v) is 10.8. The monoisotopic (exact) mass is 409 g/mol. The molecular formula is C26H23N3S. The molecule has 2 aromatic carbocycles. The predicted octanol–water partition coefficient (Wildman–Crippen LogP) is 6.90. The Bertz CT molecular complexity index is 1280. The summed E-state index contributed by atoms with van der Waals surface area (Å²) in [4.78, 5) is 4.71. The highest BCUT2D eigenvalue weighted by molar-refractivity contribution is 7.11. The lowest BCUT2D eigenvalue weighted by Crippen LogP contribution is -2.00. The summed E-state index contributed by atoms with van der Waals surface area (Å²) in [7, 11) is 0. The highest BCUT2D eigenvalue weighted by Crippen LogP contribution is 2.29. The molecule has 4 rings (SSSR count). The van der Waals surface area contributed by atoms with Crippen molar-refractivity contribution in [3.8, 4) is 23.0 Å². The third kappa shape index (κ3) is 3.72. The van der Waals surface area contributed by atoms with Crippen molar-refractivity contribution in [1.82, 2.24) is 9.55 Å². The molecule has 0 saturated heterocycles. The van der Waals surface area contributed by atoms with E-state index >= 15 is 0 Å². The van der Waals surface area contributed by atoms with Gasteiger partial charge in [0.15, 0.2) is 0 Å². The van der Waals surface area contributed by atoms with Crippen LogP contribution in [0.2, 0.25) is 0 Å². The summed E-state index contributed by atoms with van der Waals surface area (Å²) < 4.78 is 2.24. The average Bonchev–Trinajstić information content (AvgIpc) is 3.34. The Labute approximate surface area is 181 Å². The van der Waals surface area contributed by atoms with E-state index in [9.17, 15) is 5.26 Å². The van der Waals surface area contributed by atoms with E-state index in [1.807, 2.05) is 41.8 Å². The minimum Gasteiger partial charge on any atom is -0.318 e. The van der Waals surface area contributed by atoms with Gasteiger partial charge in [0.2, 0.25) is 0 Å². The Hall–Kier alpha value is -3.42. The lowest BCUT2D eigenvalue weighted by molar-refractivity contribution is 0.961. The normalized spacial score (nSPS) is 11.5. The van der Waals surface area contributed by atoms with Gasteiger partial charge in [-0.2, -0.15) is 5.26 Å². The highest BCUT2D eigenvalue weighted by Gasteiger charge is 2.13. The number of aromatic nitrogens is 2. The van der Waals surface area contributed by atoms with Crippen LogP contribution >= 0.6 is 11.3 Å². The number of hydrogen-bond acceptors (Lipinski definition) is 3. The first-order chi connectivity index (χ1) is 14.5. The predicted molar refractivity (Wildman–Crippen MR) is 126 cm³/mol. The molecule has 0 fully saturated rings. The molecule has 0 N–H and O–H groups in total. The molecule has 3 nitrogen and oxygen atoms in total. The van der Waals surface area contributed by atoms with E-state index in [4.69, 9.17) is 4.98 Å². The zero-order valence-corrected chi connectivity index (χ0v) is 18.4. The van der Waals surface area contributed by atoms with Crippen molar-refractivity contribution in [2.24, 2.45) is 0 Å². The van der Waals surface area contributed by atoms with Crippen molar-refractivity contribution >= 4 is 23.0 Å². The van der Waals surface area contributed by atoms with Gasteiger partial charge in [0.05, 0.1) is 11.3 Å². The first-order valence-electron chi connectivity index (χ1n) is 9.87. The maximum Gasteiger partial charge on any atom is 0.134 e. The number of rotatable bonds is 4. The van der Waals surface area contributed by atoms with Crippen molar-refractivity contribution in [2.45, 2.75) is 27.7 Å². The molecule has 0 spiro atoms. The fourth-order valence-corrected chi connectivity index (χ4v) is 4.43. The van der Waals surface area contributed by atoms with Gasteiger partial charge >= 0.3 is 0 Å². The van der Waals surface area contributed by atoms with E-state index < -0.39 is 0 Å². The van der Waals surface area contributed by atoms with E-state index in [0.29, 0.717) is 5.57 Å². The molecule has 2 heterocycles. The standard InChI is InChI=1S/C26H23N3S/c1-17-10-11-24(12-18(17)2)29-19(3)13-22(20(29)4)14-23(15-27)26-28-25(16-30-26)21-8-6-5-7-9-21/h5-14,16H,1-4H3. The van der Waals surface area contributed by atoms with E-state index in [0.717, 1.165) is 38.9 Å². The first kappa shape index (κ1) is 19.9. The van der Waals surface area contributed by atoms with Gasteiger partial charge in [0.25, 0.3) is 0 Å². The topological polar surface area (TPSA) is 41.6 Å². The molecule has 0 aliphatic carbocycles. The maximum atomic E-state index is 9.81. The van der Waals surface area contributed by atoms with Crippen LogP contribution in [-0.4, -0.2) is 9.55 Å². The van der Waals surface area contributed by atoms with Crippen LogP contribution < -0.4 is 0 Å². The SMILES string of the molecule is Cc1ccc(-n2c(C)cc(C=C(C#N)c3nc(-c4ccccc4)cs3)c2C)cc1C. The Balaban J connectivity index is 1.73. The second-order valence-electron chi connectivity index (χ2n) is 7.50. The Kier molecular flexibility index (Phi) is 5.39. The van der Waals surface area contributed by atoms with Crippen molar-refractivity contribution in [2.75, 3.05) is 0 Å². The van der Waals surface area contributed by atoms with Crippen LogP contribution in [0, 0.1) is 39.0 Å². The minimum atomic E-state index is 0.586.